The first-order valence-corrected chi connectivity index (χ1v) is 12.9. The van der Waals surface area contributed by atoms with Crippen LogP contribution in [0.1, 0.15) is 63.0 Å². The zero-order chi connectivity index (χ0) is 21.5. The van der Waals surface area contributed by atoms with Gasteiger partial charge in [0.05, 0.1) is 11.1 Å². The summed E-state index contributed by atoms with van der Waals surface area (Å²) in [6.07, 6.45) is 5.48. The zero-order valence-corrected chi connectivity index (χ0v) is 20.4. The summed E-state index contributed by atoms with van der Waals surface area (Å²) in [5.41, 5.74) is 3.75. The molecule has 0 N–H and O–H groups in total. The van der Waals surface area contributed by atoms with Gasteiger partial charge < -0.3 is 0 Å². The monoisotopic (exact) mass is 440 g/mol. The van der Waals surface area contributed by atoms with Crippen LogP contribution in [0.25, 0.3) is 15.9 Å². The predicted octanol–water partition coefficient (Wildman–Crippen LogP) is 6.80. The lowest BCUT2D eigenvalue weighted by Crippen LogP contribution is -2.27. The number of fused-ring (bicyclic) bond motifs is 3. The van der Waals surface area contributed by atoms with Gasteiger partial charge in [-0.2, -0.15) is 0 Å². The van der Waals surface area contributed by atoms with E-state index in [1.807, 2.05) is 16.7 Å². The Morgan fingerprint density at radius 2 is 2.10 bits per heavy atom. The van der Waals surface area contributed by atoms with E-state index in [1.165, 1.54) is 10.4 Å². The van der Waals surface area contributed by atoms with Gasteiger partial charge in [-0.3, -0.25) is 9.36 Å². The summed E-state index contributed by atoms with van der Waals surface area (Å²) in [4.78, 5) is 21.2. The molecule has 0 bridgehead atoms. The van der Waals surface area contributed by atoms with Gasteiger partial charge in [0.2, 0.25) is 0 Å². The second-order valence-electron chi connectivity index (χ2n) is 9.57. The number of hydrogen-bond donors (Lipinski definition) is 0. The van der Waals surface area contributed by atoms with E-state index < -0.39 is 0 Å². The number of aromatic nitrogens is 2. The van der Waals surface area contributed by atoms with Crippen LogP contribution in [0.3, 0.4) is 0 Å². The van der Waals surface area contributed by atoms with E-state index in [2.05, 4.69) is 46.8 Å². The van der Waals surface area contributed by atoms with Crippen molar-refractivity contribution in [3.05, 3.63) is 50.6 Å². The van der Waals surface area contributed by atoms with Crippen LogP contribution in [0.5, 0.6) is 0 Å². The SMILES string of the molecule is CCCCSc1nc2sc3c(c2c(=O)n1-c1cccc(C)c1)CC[C@H](C(C)(C)C)C3. The van der Waals surface area contributed by atoms with Gasteiger partial charge in [0.25, 0.3) is 5.56 Å². The number of nitrogens with zero attached hydrogens (tertiary/aromatic N) is 2. The Kier molecular flexibility index (Phi) is 6.13. The Balaban J connectivity index is 1.88. The molecule has 4 rings (SSSR count). The van der Waals surface area contributed by atoms with Crippen molar-refractivity contribution in [2.75, 3.05) is 5.75 Å². The predicted molar refractivity (Wildman–Crippen MR) is 131 cm³/mol. The molecule has 0 radical (unpaired) electrons. The number of thiophene rings is 1. The Labute approximate surface area is 187 Å². The third-order valence-corrected chi connectivity index (χ3v) is 8.44. The van der Waals surface area contributed by atoms with E-state index in [4.69, 9.17) is 4.98 Å². The normalized spacial score (nSPS) is 16.8. The van der Waals surface area contributed by atoms with Gasteiger partial charge in [-0.15, -0.1) is 11.3 Å². The molecule has 1 atom stereocenters. The minimum Gasteiger partial charge on any atom is -0.268 e. The summed E-state index contributed by atoms with van der Waals surface area (Å²) in [6, 6.07) is 8.22. The summed E-state index contributed by atoms with van der Waals surface area (Å²) in [5, 5.41) is 1.70. The van der Waals surface area contributed by atoms with Crippen LogP contribution in [-0.2, 0) is 12.8 Å². The Morgan fingerprint density at radius 3 is 2.80 bits per heavy atom. The number of hydrogen-bond acceptors (Lipinski definition) is 4. The fourth-order valence-corrected chi connectivity index (χ4v) is 6.78. The number of benzene rings is 1. The maximum absolute atomic E-state index is 13.8. The molecule has 160 valence electrons. The zero-order valence-electron chi connectivity index (χ0n) is 18.7. The van der Waals surface area contributed by atoms with Crippen molar-refractivity contribution in [1.29, 1.82) is 0 Å². The van der Waals surface area contributed by atoms with Gasteiger partial charge in [0, 0.05) is 10.6 Å². The summed E-state index contributed by atoms with van der Waals surface area (Å²) in [7, 11) is 0. The van der Waals surface area contributed by atoms with Crippen molar-refractivity contribution in [2.45, 2.75) is 71.9 Å². The summed E-state index contributed by atoms with van der Waals surface area (Å²) < 4.78 is 1.86. The third-order valence-electron chi connectivity index (χ3n) is 6.27. The van der Waals surface area contributed by atoms with Gasteiger partial charge in [-0.05, 0) is 67.2 Å². The maximum atomic E-state index is 13.8. The van der Waals surface area contributed by atoms with E-state index in [0.717, 1.165) is 64.5 Å². The summed E-state index contributed by atoms with van der Waals surface area (Å²) in [6.45, 7) is 11.3. The van der Waals surface area contributed by atoms with E-state index in [9.17, 15) is 4.79 Å². The Hall–Kier alpha value is -1.59. The van der Waals surface area contributed by atoms with Crippen molar-refractivity contribution in [3.63, 3.8) is 0 Å². The first-order valence-electron chi connectivity index (χ1n) is 11.1. The van der Waals surface area contributed by atoms with Crippen molar-refractivity contribution in [2.24, 2.45) is 11.3 Å². The Morgan fingerprint density at radius 1 is 1.30 bits per heavy atom. The molecule has 2 aromatic heterocycles. The summed E-state index contributed by atoms with van der Waals surface area (Å²) in [5.74, 6) is 1.65. The first-order chi connectivity index (χ1) is 14.3. The van der Waals surface area contributed by atoms with Crippen molar-refractivity contribution < 1.29 is 0 Å². The van der Waals surface area contributed by atoms with Gasteiger partial charge >= 0.3 is 0 Å². The van der Waals surface area contributed by atoms with Gasteiger partial charge in [-0.25, -0.2) is 4.98 Å². The van der Waals surface area contributed by atoms with Crippen LogP contribution < -0.4 is 5.56 Å². The smallest absolute Gasteiger partial charge is 0.267 e. The molecule has 1 aromatic carbocycles. The first kappa shape index (κ1) is 21.6. The largest absolute Gasteiger partial charge is 0.268 e. The highest BCUT2D eigenvalue weighted by molar-refractivity contribution is 7.99. The molecular formula is C25H32N2OS2. The van der Waals surface area contributed by atoms with E-state index >= 15 is 0 Å². The molecule has 0 aliphatic heterocycles. The van der Waals surface area contributed by atoms with Crippen molar-refractivity contribution in [1.82, 2.24) is 9.55 Å². The lowest BCUT2D eigenvalue weighted by Gasteiger charge is -2.33. The minimum atomic E-state index is 0.108. The van der Waals surface area contributed by atoms with E-state index in [0.29, 0.717) is 11.3 Å². The van der Waals surface area contributed by atoms with Crippen molar-refractivity contribution >= 4 is 33.3 Å². The van der Waals surface area contributed by atoms with Gasteiger partial charge in [0.1, 0.15) is 4.83 Å². The quantitative estimate of drug-likeness (QED) is 0.249. The molecule has 2 heterocycles. The van der Waals surface area contributed by atoms with Gasteiger partial charge in [-0.1, -0.05) is 58.0 Å². The molecule has 0 amide bonds. The van der Waals surface area contributed by atoms with Crippen LogP contribution in [0.4, 0.5) is 0 Å². The van der Waals surface area contributed by atoms with Crippen LogP contribution >= 0.6 is 23.1 Å². The number of unbranched alkanes of at least 4 members (excludes halogenated alkanes) is 1. The van der Waals surface area contributed by atoms with Crippen molar-refractivity contribution in [3.8, 4) is 5.69 Å². The lowest BCUT2D eigenvalue weighted by atomic mass is 9.72. The number of thioether (sulfide) groups is 1. The molecule has 0 saturated heterocycles. The molecule has 1 aliphatic rings. The average Bonchev–Trinajstić information content (AvgIpc) is 3.05. The molecule has 3 nitrogen and oxygen atoms in total. The minimum absolute atomic E-state index is 0.108. The van der Waals surface area contributed by atoms with Crippen LogP contribution in [0, 0.1) is 18.3 Å². The van der Waals surface area contributed by atoms with E-state index in [1.54, 1.807) is 23.1 Å². The summed E-state index contributed by atoms with van der Waals surface area (Å²) >= 11 is 3.47. The lowest BCUT2D eigenvalue weighted by molar-refractivity contribution is 0.218. The fraction of sp³-hybridized carbons (Fsp3) is 0.520. The number of aryl methyl sites for hydroxylation is 2. The third kappa shape index (κ3) is 4.11. The molecular weight excluding hydrogens is 408 g/mol. The van der Waals surface area contributed by atoms with Crippen LogP contribution in [0.2, 0.25) is 0 Å². The fourth-order valence-electron chi connectivity index (χ4n) is 4.34. The topological polar surface area (TPSA) is 34.9 Å². The molecule has 30 heavy (non-hydrogen) atoms. The van der Waals surface area contributed by atoms with E-state index in [-0.39, 0.29) is 5.56 Å². The molecule has 0 fully saturated rings. The standard InChI is InChI=1S/C25H32N2OS2/c1-6-7-13-29-24-26-22-21(23(28)27(24)18-10-8-9-16(2)14-18)19-12-11-17(25(3,4)5)15-20(19)30-22/h8-10,14,17H,6-7,11-13,15H2,1-5H3/t17-/m0/s1. The van der Waals surface area contributed by atoms with Crippen LogP contribution in [-0.4, -0.2) is 15.3 Å². The molecule has 0 spiro atoms. The molecule has 0 saturated carbocycles. The van der Waals surface area contributed by atoms with Crippen LogP contribution in [0.15, 0.2) is 34.2 Å². The highest BCUT2D eigenvalue weighted by Crippen LogP contribution is 2.42. The Bertz CT molecular complexity index is 1120. The molecule has 3 aromatic rings. The maximum Gasteiger partial charge on any atom is 0.267 e. The molecule has 0 unspecified atom stereocenters. The average molecular weight is 441 g/mol. The highest BCUT2D eigenvalue weighted by Gasteiger charge is 2.32. The second-order valence-corrected chi connectivity index (χ2v) is 11.7. The highest BCUT2D eigenvalue weighted by atomic mass is 32.2. The van der Waals surface area contributed by atoms with Gasteiger partial charge in [0.15, 0.2) is 5.16 Å². The second kappa shape index (κ2) is 8.51. The molecule has 1 aliphatic carbocycles. The number of rotatable bonds is 5. The molecule has 5 heteroatoms.